The topological polar surface area (TPSA) is 28.2 Å². The fourth-order valence-electron chi connectivity index (χ4n) is 2.88. The van der Waals surface area contributed by atoms with Crippen molar-refractivity contribution in [1.29, 1.82) is 0 Å². The number of aryl methyl sites for hydroxylation is 1. The second-order valence-corrected chi connectivity index (χ2v) is 7.45. The normalized spacial score (nSPS) is 17.5. The number of hydrogen-bond donors (Lipinski definition) is 1. The molecule has 0 radical (unpaired) electrons. The van der Waals surface area contributed by atoms with E-state index in [2.05, 4.69) is 31.0 Å². The van der Waals surface area contributed by atoms with Crippen molar-refractivity contribution < 1.29 is 0 Å². The van der Waals surface area contributed by atoms with Crippen LogP contribution in [-0.4, -0.2) is 36.1 Å². The van der Waals surface area contributed by atoms with Gasteiger partial charge in [0, 0.05) is 24.4 Å². The highest BCUT2D eigenvalue weighted by atomic mass is 32.1. The Bertz CT molecular complexity index is 408. The lowest BCUT2D eigenvalue weighted by atomic mass is 9.99. The van der Waals surface area contributed by atoms with Crippen LogP contribution in [0, 0.1) is 5.92 Å². The molecule has 3 nitrogen and oxygen atoms in total. The van der Waals surface area contributed by atoms with Crippen LogP contribution in [0.3, 0.4) is 0 Å². The Morgan fingerprint density at radius 3 is 2.71 bits per heavy atom. The average Bonchev–Trinajstić information content (AvgIpc) is 2.89. The highest BCUT2D eigenvalue weighted by Gasteiger charge is 2.16. The van der Waals surface area contributed by atoms with Crippen molar-refractivity contribution in [2.45, 2.75) is 59.4 Å². The van der Waals surface area contributed by atoms with Crippen LogP contribution in [0.25, 0.3) is 0 Å². The quantitative estimate of drug-likeness (QED) is 0.745. The van der Waals surface area contributed by atoms with E-state index < -0.39 is 0 Å². The molecular weight excluding hydrogens is 278 g/mol. The molecule has 1 aliphatic rings. The minimum Gasteiger partial charge on any atom is -0.312 e. The number of aromatic nitrogens is 1. The first-order chi connectivity index (χ1) is 10.2. The molecule has 0 spiro atoms. The predicted molar refractivity (Wildman–Crippen MR) is 92.0 cm³/mol. The van der Waals surface area contributed by atoms with Crippen molar-refractivity contribution in [2.24, 2.45) is 5.92 Å². The van der Waals surface area contributed by atoms with Crippen molar-refractivity contribution in [2.75, 3.05) is 26.2 Å². The van der Waals surface area contributed by atoms with Crippen molar-refractivity contribution in [3.05, 3.63) is 15.6 Å². The number of piperidine rings is 1. The molecule has 1 N–H and O–H groups in total. The second-order valence-electron chi connectivity index (χ2n) is 6.28. The zero-order valence-electron chi connectivity index (χ0n) is 14.0. The zero-order valence-corrected chi connectivity index (χ0v) is 14.8. The van der Waals surface area contributed by atoms with Gasteiger partial charge in [-0.05, 0) is 51.2 Å². The van der Waals surface area contributed by atoms with E-state index in [1.165, 1.54) is 54.5 Å². The van der Waals surface area contributed by atoms with E-state index in [0.29, 0.717) is 0 Å². The number of thiazole rings is 1. The Hall–Kier alpha value is -0.450. The van der Waals surface area contributed by atoms with Crippen LogP contribution in [0.1, 0.15) is 55.6 Å². The molecule has 0 atom stereocenters. The van der Waals surface area contributed by atoms with E-state index in [1.807, 2.05) is 11.3 Å². The molecule has 2 heterocycles. The lowest BCUT2D eigenvalue weighted by molar-refractivity contribution is 0.194. The SMILES string of the molecule is CCCNCc1sc(CCN2CCC(C)CC2)nc1CC. The summed E-state index contributed by atoms with van der Waals surface area (Å²) in [7, 11) is 0. The van der Waals surface area contributed by atoms with Crippen LogP contribution in [0.2, 0.25) is 0 Å². The molecule has 1 fully saturated rings. The molecule has 1 aliphatic heterocycles. The van der Waals surface area contributed by atoms with Crippen LogP contribution < -0.4 is 5.32 Å². The third-order valence-electron chi connectivity index (χ3n) is 4.39. The van der Waals surface area contributed by atoms with Crippen molar-refractivity contribution in [1.82, 2.24) is 15.2 Å². The van der Waals surface area contributed by atoms with Gasteiger partial charge in [0.25, 0.3) is 0 Å². The number of nitrogens with one attached hydrogen (secondary N) is 1. The van der Waals surface area contributed by atoms with Crippen LogP contribution >= 0.6 is 11.3 Å². The van der Waals surface area contributed by atoms with Crippen LogP contribution in [0.15, 0.2) is 0 Å². The van der Waals surface area contributed by atoms with E-state index in [4.69, 9.17) is 4.98 Å². The molecule has 1 aromatic heterocycles. The Morgan fingerprint density at radius 1 is 1.29 bits per heavy atom. The van der Waals surface area contributed by atoms with Gasteiger partial charge in [-0.2, -0.15) is 0 Å². The van der Waals surface area contributed by atoms with E-state index in [9.17, 15) is 0 Å². The molecule has 21 heavy (non-hydrogen) atoms. The largest absolute Gasteiger partial charge is 0.312 e. The maximum absolute atomic E-state index is 4.86. The van der Waals surface area contributed by atoms with Crippen LogP contribution in [0.4, 0.5) is 0 Å². The van der Waals surface area contributed by atoms with Gasteiger partial charge in [-0.25, -0.2) is 4.98 Å². The van der Waals surface area contributed by atoms with Gasteiger partial charge < -0.3 is 10.2 Å². The lowest BCUT2D eigenvalue weighted by Crippen LogP contribution is -2.34. The Morgan fingerprint density at radius 2 is 2.05 bits per heavy atom. The summed E-state index contributed by atoms with van der Waals surface area (Å²) in [6, 6.07) is 0. The number of rotatable bonds is 8. The summed E-state index contributed by atoms with van der Waals surface area (Å²) in [5.74, 6) is 0.920. The Labute approximate surface area is 134 Å². The predicted octanol–water partition coefficient (Wildman–Crippen LogP) is 3.48. The van der Waals surface area contributed by atoms with Gasteiger partial charge >= 0.3 is 0 Å². The standard InChI is InChI=1S/C17H31N3S/c1-4-9-18-13-16-15(5-2)19-17(21-16)8-12-20-10-6-14(3)7-11-20/h14,18H,4-13H2,1-3H3. The van der Waals surface area contributed by atoms with Gasteiger partial charge in [0.2, 0.25) is 0 Å². The summed E-state index contributed by atoms with van der Waals surface area (Å²) in [5.41, 5.74) is 1.31. The van der Waals surface area contributed by atoms with Crippen molar-refractivity contribution in [3.8, 4) is 0 Å². The summed E-state index contributed by atoms with van der Waals surface area (Å²) in [6.45, 7) is 12.6. The van der Waals surface area contributed by atoms with E-state index in [-0.39, 0.29) is 0 Å². The molecule has 0 aliphatic carbocycles. The number of hydrogen-bond acceptors (Lipinski definition) is 4. The molecule has 0 bridgehead atoms. The molecular formula is C17H31N3S. The first-order valence-electron chi connectivity index (χ1n) is 8.63. The molecule has 0 saturated carbocycles. The molecule has 0 aromatic carbocycles. The first-order valence-corrected chi connectivity index (χ1v) is 9.45. The van der Waals surface area contributed by atoms with Crippen molar-refractivity contribution in [3.63, 3.8) is 0 Å². The highest BCUT2D eigenvalue weighted by Crippen LogP contribution is 2.21. The number of nitrogens with zero attached hydrogens (tertiary/aromatic N) is 2. The molecule has 4 heteroatoms. The van der Waals surface area contributed by atoms with Gasteiger partial charge in [0.15, 0.2) is 0 Å². The molecule has 1 saturated heterocycles. The fourth-order valence-corrected chi connectivity index (χ4v) is 3.99. The lowest BCUT2D eigenvalue weighted by Gasteiger charge is -2.29. The summed E-state index contributed by atoms with van der Waals surface area (Å²) in [6.07, 6.45) is 6.11. The van der Waals surface area contributed by atoms with Gasteiger partial charge in [-0.1, -0.05) is 20.8 Å². The average molecular weight is 310 g/mol. The molecule has 0 amide bonds. The van der Waals surface area contributed by atoms with Crippen LogP contribution in [-0.2, 0) is 19.4 Å². The molecule has 2 rings (SSSR count). The first kappa shape index (κ1) is 16.9. The smallest absolute Gasteiger partial charge is 0.0944 e. The monoisotopic (exact) mass is 309 g/mol. The zero-order chi connectivity index (χ0) is 15.1. The van der Waals surface area contributed by atoms with E-state index in [1.54, 1.807) is 0 Å². The second kappa shape index (κ2) is 8.86. The maximum Gasteiger partial charge on any atom is 0.0944 e. The minimum absolute atomic E-state index is 0.920. The summed E-state index contributed by atoms with van der Waals surface area (Å²) in [5, 5.41) is 4.84. The molecule has 1 aromatic rings. The maximum atomic E-state index is 4.86. The van der Waals surface area contributed by atoms with Gasteiger partial charge in [-0.3, -0.25) is 0 Å². The van der Waals surface area contributed by atoms with Gasteiger partial charge in [0.05, 0.1) is 10.7 Å². The summed E-state index contributed by atoms with van der Waals surface area (Å²) < 4.78 is 0. The summed E-state index contributed by atoms with van der Waals surface area (Å²) in [4.78, 5) is 8.92. The Kier molecular flexibility index (Phi) is 7.14. The summed E-state index contributed by atoms with van der Waals surface area (Å²) >= 11 is 1.92. The minimum atomic E-state index is 0.920. The van der Waals surface area contributed by atoms with Gasteiger partial charge in [-0.15, -0.1) is 11.3 Å². The van der Waals surface area contributed by atoms with Crippen LogP contribution in [0.5, 0.6) is 0 Å². The number of likely N-dealkylation sites (tertiary alicyclic amines) is 1. The Balaban J connectivity index is 1.82. The van der Waals surface area contributed by atoms with Gasteiger partial charge in [0.1, 0.15) is 0 Å². The third kappa shape index (κ3) is 5.35. The third-order valence-corrected chi connectivity index (χ3v) is 5.55. The van der Waals surface area contributed by atoms with E-state index >= 15 is 0 Å². The van der Waals surface area contributed by atoms with Crippen molar-refractivity contribution >= 4 is 11.3 Å². The highest BCUT2D eigenvalue weighted by molar-refractivity contribution is 7.11. The fraction of sp³-hybridized carbons (Fsp3) is 0.824. The molecule has 120 valence electrons. The van der Waals surface area contributed by atoms with E-state index in [0.717, 1.165) is 31.8 Å². The molecule has 0 unspecified atom stereocenters.